The average molecular weight is 577 g/mol. The van der Waals surface area contributed by atoms with Crippen molar-refractivity contribution in [2.75, 3.05) is 5.32 Å². The Morgan fingerprint density at radius 3 is 2.02 bits per heavy atom. The number of benzene rings is 3. The molecule has 0 radical (unpaired) electrons. The number of aromatic nitrogens is 1. The summed E-state index contributed by atoms with van der Waals surface area (Å²) in [4.78, 5) is 25.0. The van der Waals surface area contributed by atoms with Gasteiger partial charge in [0.05, 0.1) is 29.9 Å². The lowest BCUT2D eigenvalue weighted by Crippen LogP contribution is -2.22. The summed E-state index contributed by atoms with van der Waals surface area (Å²) < 4.78 is 16.0. The van der Waals surface area contributed by atoms with Gasteiger partial charge in [0.15, 0.2) is 0 Å². The quantitative estimate of drug-likeness (QED) is 0.176. The molecule has 2 atom stereocenters. The topological polar surface area (TPSA) is 143 Å². The minimum absolute atomic E-state index is 0. The van der Waals surface area contributed by atoms with Crippen molar-refractivity contribution >= 4 is 17.6 Å². The molecule has 6 N–H and O–H groups in total. The van der Waals surface area contributed by atoms with Gasteiger partial charge < -0.3 is 30.7 Å². The number of nitrogens with zero attached hydrogens (tertiary/aromatic N) is 1. The van der Waals surface area contributed by atoms with Crippen molar-refractivity contribution in [2.45, 2.75) is 57.8 Å². The van der Waals surface area contributed by atoms with Gasteiger partial charge in [-0.1, -0.05) is 62.4 Å². The highest BCUT2D eigenvalue weighted by atomic mass is 19.1. The molecule has 222 valence electrons. The molecule has 0 unspecified atom stereocenters. The number of aliphatic hydroxyl groups excluding tert-OH is 2. The summed E-state index contributed by atoms with van der Waals surface area (Å²) in [5.74, 6) is -1.93. The number of para-hydroxylation sites is 1. The van der Waals surface area contributed by atoms with Gasteiger partial charge in [-0.25, -0.2) is 4.39 Å². The zero-order chi connectivity index (χ0) is 29.5. The molecule has 9 heteroatoms. The molecular formula is C33H37FN2O6. The fourth-order valence-corrected chi connectivity index (χ4v) is 5.20. The number of carbonyl (C=O) groups excluding carboxylic acids is 1. The molecule has 0 aliphatic rings. The first-order chi connectivity index (χ1) is 19.7. The van der Waals surface area contributed by atoms with E-state index in [1.807, 2.05) is 79.1 Å². The SMILES string of the molecule is CC(C)c1c(C(=O)Nc2ccccc2)c(-c2ccccc2)c(-c2ccc(F)cc2)n1CC[C@@H](O)C[C@@H](O)CC(=O)O.O. The summed E-state index contributed by atoms with van der Waals surface area (Å²) in [6, 6.07) is 24.8. The van der Waals surface area contributed by atoms with Gasteiger partial charge in [-0.05, 0) is 66.3 Å². The standard InChI is InChI=1S/C33H35FN2O5.H2O/c1-21(2)31-30(33(41)35-25-11-7-4-8-12-25)29(22-9-5-3-6-10-22)32(23-13-15-24(34)16-14-23)36(31)18-17-26(37)19-27(38)20-28(39)40;/h3-16,21,26-27,37-38H,17-20H2,1-2H3,(H,35,41)(H,39,40);1H2/t26-,27-;/m1./s1. The number of carboxylic acid groups (broad SMARTS) is 1. The fraction of sp³-hybridized carbons (Fsp3) is 0.273. The molecular weight excluding hydrogens is 539 g/mol. The molecule has 0 saturated heterocycles. The first kappa shape index (κ1) is 32.2. The molecule has 1 aromatic heterocycles. The molecule has 0 aliphatic heterocycles. The van der Waals surface area contributed by atoms with Crippen LogP contribution in [0.5, 0.6) is 0 Å². The number of halogens is 1. The van der Waals surface area contributed by atoms with E-state index in [0.29, 0.717) is 28.1 Å². The average Bonchev–Trinajstić information content (AvgIpc) is 3.28. The smallest absolute Gasteiger partial charge is 0.305 e. The van der Waals surface area contributed by atoms with Crippen LogP contribution in [0, 0.1) is 5.82 Å². The lowest BCUT2D eigenvalue weighted by atomic mass is 9.94. The molecule has 0 bridgehead atoms. The van der Waals surface area contributed by atoms with Crippen molar-refractivity contribution in [1.82, 2.24) is 4.57 Å². The highest BCUT2D eigenvalue weighted by Gasteiger charge is 2.31. The minimum atomic E-state index is -1.18. The third-order valence-electron chi connectivity index (χ3n) is 6.93. The van der Waals surface area contributed by atoms with Crippen LogP contribution in [0.1, 0.15) is 55.1 Å². The van der Waals surface area contributed by atoms with E-state index < -0.39 is 24.6 Å². The Morgan fingerprint density at radius 1 is 0.857 bits per heavy atom. The van der Waals surface area contributed by atoms with Crippen molar-refractivity contribution in [3.05, 3.63) is 102 Å². The molecule has 1 heterocycles. The first-order valence-electron chi connectivity index (χ1n) is 13.7. The predicted molar refractivity (Wildman–Crippen MR) is 161 cm³/mol. The molecule has 3 aromatic carbocycles. The van der Waals surface area contributed by atoms with Crippen LogP contribution in [0.15, 0.2) is 84.9 Å². The Morgan fingerprint density at radius 2 is 1.45 bits per heavy atom. The van der Waals surface area contributed by atoms with Gasteiger partial charge >= 0.3 is 5.97 Å². The van der Waals surface area contributed by atoms with E-state index in [9.17, 15) is 24.2 Å². The number of carbonyl (C=O) groups is 2. The summed E-state index contributed by atoms with van der Waals surface area (Å²) in [7, 11) is 0. The minimum Gasteiger partial charge on any atom is -0.481 e. The van der Waals surface area contributed by atoms with Gasteiger partial charge in [0.1, 0.15) is 5.82 Å². The number of anilines is 1. The maximum absolute atomic E-state index is 14.0. The summed E-state index contributed by atoms with van der Waals surface area (Å²) in [5, 5.41) is 32.8. The molecule has 8 nitrogen and oxygen atoms in total. The molecule has 1 amide bonds. The maximum atomic E-state index is 14.0. The number of carboxylic acids is 1. The number of aliphatic carboxylic acids is 1. The summed E-state index contributed by atoms with van der Waals surface area (Å²) in [6.07, 6.45) is -2.51. The number of rotatable bonds is 12. The molecule has 4 aromatic rings. The zero-order valence-electron chi connectivity index (χ0n) is 23.6. The Labute approximate surface area is 244 Å². The van der Waals surface area contributed by atoms with Crippen molar-refractivity contribution < 1.29 is 34.8 Å². The van der Waals surface area contributed by atoms with Gasteiger partial charge in [-0.3, -0.25) is 9.59 Å². The van der Waals surface area contributed by atoms with Crippen LogP contribution in [0.4, 0.5) is 10.1 Å². The van der Waals surface area contributed by atoms with Crippen LogP contribution in [0.2, 0.25) is 0 Å². The Balaban J connectivity index is 0.00000484. The van der Waals surface area contributed by atoms with Crippen LogP contribution < -0.4 is 5.32 Å². The van der Waals surface area contributed by atoms with Crippen molar-refractivity contribution in [2.24, 2.45) is 0 Å². The Hall–Kier alpha value is -4.31. The number of aliphatic hydroxyl groups is 2. The first-order valence-corrected chi connectivity index (χ1v) is 13.7. The number of amides is 1. The molecule has 0 saturated carbocycles. The summed E-state index contributed by atoms with van der Waals surface area (Å²) in [6.45, 7) is 4.25. The largest absolute Gasteiger partial charge is 0.481 e. The lowest BCUT2D eigenvalue weighted by Gasteiger charge is -2.20. The van der Waals surface area contributed by atoms with E-state index in [1.165, 1.54) is 12.1 Å². The van der Waals surface area contributed by atoms with E-state index in [4.69, 9.17) is 5.11 Å². The fourth-order valence-electron chi connectivity index (χ4n) is 5.20. The van der Waals surface area contributed by atoms with Crippen LogP contribution in [-0.2, 0) is 11.3 Å². The van der Waals surface area contributed by atoms with E-state index in [2.05, 4.69) is 5.32 Å². The third kappa shape index (κ3) is 7.70. The molecule has 0 spiro atoms. The van der Waals surface area contributed by atoms with Crippen LogP contribution in [-0.4, -0.2) is 49.4 Å². The summed E-state index contributed by atoms with van der Waals surface area (Å²) in [5.41, 5.74) is 4.77. The van der Waals surface area contributed by atoms with Crippen molar-refractivity contribution in [3.63, 3.8) is 0 Å². The predicted octanol–water partition coefficient (Wildman–Crippen LogP) is 5.49. The van der Waals surface area contributed by atoms with Crippen LogP contribution >= 0.6 is 0 Å². The Kier molecular flexibility index (Phi) is 11.2. The third-order valence-corrected chi connectivity index (χ3v) is 6.93. The maximum Gasteiger partial charge on any atom is 0.305 e. The Bertz CT molecular complexity index is 1470. The van der Waals surface area contributed by atoms with Crippen molar-refractivity contribution in [1.29, 1.82) is 0 Å². The number of hydrogen-bond acceptors (Lipinski definition) is 4. The van der Waals surface area contributed by atoms with E-state index >= 15 is 0 Å². The van der Waals surface area contributed by atoms with E-state index in [0.717, 1.165) is 11.3 Å². The van der Waals surface area contributed by atoms with Gasteiger partial charge in [-0.15, -0.1) is 0 Å². The molecule has 42 heavy (non-hydrogen) atoms. The summed E-state index contributed by atoms with van der Waals surface area (Å²) >= 11 is 0. The van der Waals surface area contributed by atoms with Gasteiger partial charge in [0, 0.05) is 23.5 Å². The second kappa shape index (κ2) is 14.5. The lowest BCUT2D eigenvalue weighted by molar-refractivity contribution is -0.139. The highest BCUT2D eigenvalue weighted by molar-refractivity contribution is 6.12. The molecule has 0 fully saturated rings. The number of nitrogens with one attached hydrogen (secondary N) is 1. The van der Waals surface area contributed by atoms with Crippen LogP contribution in [0.25, 0.3) is 22.4 Å². The normalized spacial score (nSPS) is 12.4. The van der Waals surface area contributed by atoms with E-state index in [-0.39, 0.29) is 42.5 Å². The zero-order valence-corrected chi connectivity index (χ0v) is 23.6. The molecule has 4 rings (SSSR count). The number of hydrogen-bond donors (Lipinski definition) is 4. The molecule has 0 aliphatic carbocycles. The second-order valence-electron chi connectivity index (χ2n) is 10.4. The second-order valence-corrected chi connectivity index (χ2v) is 10.4. The van der Waals surface area contributed by atoms with Crippen molar-refractivity contribution in [3.8, 4) is 22.4 Å². The van der Waals surface area contributed by atoms with Gasteiger partial charge in [0.2, 0.25) is 0 Å². The van der Waals surface area contributed by atoms with Gasteiger partial charge in [0.25, 0.3) is 5.91 Å². The van der Waals surface area contributed by atoms with Crippen LogP contribution in [0.3, 0.4) is 0 Å². The van der Waals surface area contributed by atoms with E-state index in [1.54, 1.807) is 12.1 Å². The van der Waals surface area contributed by atoms with Gasteiger partial charge in [-0.2, -0.15) is 0 Å². The monoisotopic (exact) mass is 576 g/mol. The highest BCUT2D eigenvalue weighted by Crippen LogP contribution is 2.42.